The van der Waals surface area contributed by atoms with Crippen molar-refractivity contribution >= 4 is 75.4 Å². The molecule has 2 aliphatic rings. The maximum atomic E-state index is 7.16. The molecule has 2 aliphatic heterocycles. The number of rotatable bonds is 9. The zero-order chi connectivity index (χ0) is 47.1. The Morgan fingerprint density at radius 3 is 1.79 bits per heavy atom. The SMILES string of the molecule is CN(c1ccccc1Nc1cccc(Oc2c[c]3c4c5[c](cccc5n(-c5cc(C(C)(C)C)ccn5)c4c2)[Ge]32[c]3ccccc3-c3cccc[c]32)c1)c1c(-c2ccccc2)cccc1-c1ccccc1. The van der Waals surface area contributed by atoms with Gasteiger partial charge in [-0.3, -0.25) is 0 Å². The minimum atomic E-state index is -3.55. The molecule has 4 heterocycles. The Balaban J connectivity index is 0.932. The van der Waals surface area contributed by atoms with Crippen LogP contribution >= 0.6 is 0 Å². The van der Waals surface area contributed by atoms with Crippen LogP contribution in [0, 0.1) is 0 Å². The van der Waals surface area contributed by atoms with Crippen molar-refractivity contribution in [3.8, 4) is 50.7 Å². The molecule has 0 radical (unpaired) electrons. The van der Waals surface area contributed by atoms with E-state index in [1.807, 2.05) is 6.20 Å². The summed E-state index contributed by atoms with van der Waals surface area (Å²) in [4.78, 5) is 7.40. The molecular weight excluding hydrogens is 913 g/mol. The zero-order valence-corrected chi connectivity index (χ0v) is 41.7. The van der Waals surface area contributed by atoms with E-state index in [0.29, 0.717) is 0 Å². The van der Waals surface area contributed by atoms with Gasteiger partial charge in [-0.05, 0) is 11.1 Å². The number of nitrogens with one attached hydrogen (secondary N) is 1. The number of fused-ring (bicyclic) bond motifs is 7. The number of pyridine rings is 1. The van der Waals surface area contributed by atoms with E-state index in [1.54, 1.807) is 0 Å². The quantitative estimate of drug-likeness (QED) is 0.146. The van der Waals surface area contributed by atoms with E-state index in [1.165, 1.54) is 61.7 Å². The van der Waals surface area contributed by atoms with Crippen LogP contribution in [0.5, 0.6) is 11.5 Å². The number of aromatic nitrogens is 2. The van der Waals surface area contributed by atoms with Gasteiger partial charge in [0.25, 0.3) is 0 Å². The van der Waals surface area contributed by atoms with Crippen LogP contribution in [0.15, 0.2) is 225 Å². The maximum absolute atomic E-state index is 7.16. The molecule has 0 aliphatic carbocycles. The molecule has 0 bridgehead atoms. The summed E-state index contributed by atoms with van der Waals surface area (Å²) in [7, 11) is 2.17. The van der Waals surface area contributed by atoms with Gasteiger partial charge >= 0.3 is 313 Å². The summed E-state index contributed by atoms with van der Waals surface area (Å²) in [6.07, 6.45) is 1.96. The predicted molar refractivity (Wildman–Crippen MR) is 295 cm³/mol. The van der Waals surface area contributed by atoms with E-state index < -0.39 is 13.3 Å². The van der Waals surface area contributed by atoms with Gasteiger partial charge in [0.1, 0.15) is 0 Å². The molecule has 70 heavy (non-hydrogen) atoms. The van der Waals surface area contributed by atoms with Crippen LogP contribution in [-0.4, -0.2) is 29.9 Å². The minimum absolute atomic E-state index is 0.0402. The second-order valence-corrected chi connectivity index (χ2v) is 27.3. The van der Waals surface area contributed by atoms with Gasteiger partial charge in [0.05, 0.1) is 0 Å². The molecule has 0 atom stereocenters. The van der Waals surface area contributed by atoms with E-state index >= 15 is 0 Å². The Labute approximate surface area is 411 Å². The number of para-hydroxylation sites is 3. The van der Waals surface area contributed by atoms with Crippen LogP contribution in [0.4, 0.5) is 22.7 Å². The Hall–Kier alpha value is -8.13. The molecule has 2 aromatic heterocycles. The number of anilines is 4. The van der Waals surface area contributed by atoms with E-state index in [-0.39, 0.29) is 5.41 Å². The fourth-order valence-electron chi connectivity index (χ4n) is 11.6. The predicted octanol–water partition coefficient (Wildman–Crippen LogP) is 13.8. The molecule has 13 rings (SSSR count). The van der Waals surface area contributed by atoms with Crippen LogP contribution in [0.2, 0.25) is 0 Å². The van der Waals surface area contributed by atoms with Crippen molar-refractivity contribution in [3.05, 3.63) is 230 Å². The zero-order valence-electron chi connectivity index (χ0n) is 39.6. The number of hydrogen-bond donors (Lipinski definition) is 1. The van der Waals surface area contributed by atoms with Gasteiger partial charge < -0.3 is 0 Å². The molecule has 336 valence electrons. The minimum Gasteiger partial charge on any atom is -0.0622 e. The van der Waals surface area contributed by atoms with Gasteiger partial charge in [-0.1, -0.05) is 78.9 Å². The normalized spacial score (nSPS) is 13.0. The Morgan fingerprint density at radius 2 is 1.09 bits per heavy atom. The van der Waals surface area contributed by atoms with Crippen LogP contribution in [-0.2, 0) is 5.41 Å². The van der Waals surface area contributed by atoms with Crippen molar-refractivity contribution in [2.75, 3.05) is 17.3 Å². The molecule has 0 unspecified atom stereocenters. The van der Waals surface area contributed by atoms with Gasteiger partial charge in [0, 0.05) is 11.1 Å². The molecule has 0 fully saturated rings. The Kier molecular flexibility index (Phi) is 9.75. The Morgan fingerprint density at radius 1 is 0.500 bits per heavy atom. The smallest absolute Gasteiger partial charge is 0.0622 e. The summed E-state index contributed by atoms with van der Waals surface area (Å²) in [5, 5.41) is 6.50. The van der Waals surface area contributed by atoms with Crippen LogP contribution in [0.3, 0.4) is 0 Å². The standard InChI is InChI=1S/C64H50GeN4O/c1-64(2,3)44-36-37-66-60(38-44)69-58-35-19-32-54-61(58)62-55(65(54)52-30-13-11-26-50(52)51-27-12-14-31-53(51)65)40-47(41-59(62)69)70-46-25-17-24-45(39-46)67-56-33-15-16-34-57(56)68(4)63-48(42-20-7-5-8-21-42)28-18-29-49(63)43-22-9-6-10-23-43/h5-41,67H,1-4H3. The molecule has 1 spiro atoms. The second-order valence-electron chi connectivity index (χ2n) is 19.7. The van der Waals surface area contributed by atoms with Crippen molar-refractivity contribution in [1.82, 2.24) is 9.55 Å². The van der Waals surface area contributed by atoms with Crippen molar-refractivity contribution < 1.29 is 4.74 Å². The number of ether oxygens (including phenoxy) is 1. The molecule has 0 saturated heterocycles. The summed E-state index contributed by atoms with van der Waals surface area (Å²) in [5.41, 5.74) is 15.0. The average Bonchev–Trinajstić information content (AvgIpc) is 4.01. The summed E-state index contributed by atoms with van der Waals surface area (Å²) in [6.45, 7) is 6.80. The van der Waals surface area contributed by atoms with Crippen molar-refractivity contribution in [3.63, 3.8) is 0 Å². The van der Waals surface area contributed by atoms with E-state index in [9.17, 15) is 0 Å². The summed E-state index contributed by atoms with van der Waals surface area (Å²) >= 11 is -3.55. The van der Waals surface area contributed by atoms with Gasteiger partial charge in [0.15, 0.2) is 0 Å². The van der Waals surface area contributed by atoms with E-state index in [2.05, 4.69) is 261 Å². The second kappa shape index (κ2) is 16.3. The molecular formula is C64H50GeN4O. The molecule has 0 saturated carbocycles. The average molecular weight is 964 g/mol. The van der Waals surface area contributed by atoms with Crippen molar-refractivity contribution in [1.29, 1.82) is 0 Å². The van der Waals surface area contributed by atoms with Crippen LogP contribution in [0.25, 0.3) is 61.0 Å². The van der Waals surface area contributed by atoms with E-state index in [0.717, 1.165) is 56.7 Å². The van der Waals surface area contributed by atoms with Crippen LogP contribution in [0.1, 0.15) is 26.3 Å². The van der Waals surface area contributed by atoms with Crippen molar-refractivity contribution in [2.24, 2.45) is 0 Å². The van der Waals surface area contributed by atoms with Crippen molar-refractivity contribution in [2.45, 2.75) is 26.2 Å². The first-order chi connectivity index (χ1) is 34.3. The summed E-state index contributed by atoms with van der Waals surface area (Å²) in [6, 6.07) is 79.3. The molecule has 6 heteroatoms. The van der Waals surface area contributed by atoms with Crippen LogP contribution < -0.4 is 32.5 Å². The van der Waals surface area contributed by atoms with E-state index in [4.69, 9.17) is 9.72 Å². The molecule has 1 N–H and O–H groups in total. The third kappa shape index (κ3) is 6.49. The summed E-state index contributed by atoms with van der Waals surface area (Å²) < 4.78 is 15.4. The summed E-state index contributed by atoms with van der Waals surface area (Å²) in [5.74, 6) is 2.48. The number of benzene rings is 9. The monoisotopic (exact) mass is 964 g/mol. The Bertz CT molecular complexity index is 3750. The molecule has 11 aromatic rings. The van der Waals surface area contributed by atoms with Gasteiger partial charge in [0.2, 0.25) is 0 Å². The first-order valence-electron chi connectivity index (χ1n) is 24.2. The molecule has 0 amide bonds. The number of nitrogens with zero attached hydrogens (tertiary/aromatic N) is 3. The van der Waals surface area contributed by atoms with Gasteiger partial charge in [-0.25, -0.2) is 0 Å². The fourth-order valence-corrected chi connectivity index (χ4v) is 23.4. The topological polar surface area (TPSA) is 42.3 Å². The third-order valence-electron chi connectivity index (χ3n) is 14.6. The first kappa shape index (κ1) is 42.0. The molecule has 9 aromatic carbocycles. The van der Waals surface area contributed by atoms with Gasteiger partial charge in [-0.2, -0.15) is 0 Å². The first-order valence-corrected chi connectivity index (χ1v) is 28.4. The third-order valence-corrected chi connectivity index (χ3v) is 24.9. The fraction of sp³-hybridized carbons (Fsp3) is 0.0781. The van der Waals surface area contributed by atoms with Gasteiger partial charge in [-0.15, -0.1) is 0 Å². The molecule has 5 nitrogen and oxygen atoms in total. The number of hydrogen-bond acceptors (Lipinski definition) is 4.